The van der Waals surface area contributed by atoms with Crippen LogP contribution in [0.2, 0.25) is 0 Å². The number of carbonyl (C=O) groups is 2. The summed E-state index contributed by atoms with van der Waals surface area (Å²) >= 11 is 5.06. The molecule has 0 spiro atoms. The van der Waals surface area contributed by atoms with E-state index >= 15 is 0 Å². The molecule has 0 atom stereocenters. The van der Waals surface area contributed by atoms with Crippen molar-refractivity contribution in [2.24, 2.45) is 5.41 Å². The Labute approximate surface area is 95.2 Å². The van der Waals surface area contributed by atoms with Crippen LogP contribution in [0.1, 0.15) is 27.2 Å². The number of hydrogen-bond acceptors (Lipinski definition) is 3. The molecule has 0 aromatic carbocycles. The van der Waals surface area contributed by atoms with Crippen molar-refractivity contribution in [1.29, 1.82) is 0 Å². The largest absolute Gasteiger partial charge is 0.331 e. The Balaban J connectivity index is 2.84. The first kappa shape index (κ1) is 12.1. The van der Waals surface area contributed by atoms with Crippen LogP contribution in [-0.4, -0.2) is 40.3 Å². The van der Waals surface area contributed by atoms with Gasteiger partial charge in [0.15, 0.2) is 0 Å². The van der Waals surface area contributed by atoms with Crippen LogP contribution in [0.5, 0.6) is 0 Å². The first-order valence-electron chi connectivity index (χ1n) is 4.83. The van der Waals surface area contributed by atoms with Crippen LogP contribution in [0.15, 0.2) is 0 Å². The van der Waals surface area contributed by atoms with Crippen molar-refractivity contribution in [1.82, 2.24) is 9.80 Å². The standard InChI is InChI=1S/C10H16N2O2S/c1-10(2,3)6-12-8(15)5-7(13)11(4)9(12)14/h5-6H2,1-4H3. The van der Waals surface area contributed by atoms with Gasteiger partial charge in [-0.25, -0.2) is 4.79 Å². The highest BCUT2D eigenvalue weighted by molar-refractivity contribution is 7.80. The van der Waals surface area contributed by atoms with E-state index in [4.69, 9.17) is 12.2 Å². The number of amides is 3. The van der Waals surface area contributed by atoms with E-state index in [9.17, 15) is 9.59 Å². The molecule has 0 N–H and O–H groups in total. The molecule has 4 nitrogen and oxygen atoms in total. The van der Waals surface area contributed by atoms with E-state index in [2.05, 4.69) is 0 Å². The molecule has 0 radical (unpaired) electrons. The third kappa shape index (κ3) is 2.75. The minimum Gasteiger partial charge on any atom is -0.287 e. The molecular formula is C10H16N2O2S. The van der Waals surface area contributed by atoms with E-state index in [1.165, 1.54) is 11.9 Å². The van der Waals surface area contributed by atoms with E-state index < -0.39 is 0 Å². The molecule has 84 valence electrons. The number of urea groups is 1. The molecule has 0 aromatic heterocycles. The summed E-state index contributed by atoms with van der Waals surface area (Å²) < 4.78 is 0. The maximum absolute atomic E-state index is 11.8. The minimum atomic E-state index is -0.314. The average molecular weight is 228 g/mol. The molecule has 0 unspecified atom stereocenters. The molecule has 0 saturated carbocycles. The van der Waals surface area contributed by atoms with Crippen molar-refractivity contribution in [2.75, 3.05) is 13.6 Å². The SMILES string of the molecule is CN1C(=O)CC(=S)N(CC(C)(C)C)C1=O. The Kier molecular flexibility index (Phi) is 3.13. The van der Waals surface area contributed by atoms with E-state index in [-0.39, 0.29) is 23.8 Å². The van der Waals surface area contributed by atoms with Gasteiger partial charge in [-0.15, -0.1) is 0 Å². The van der Waals surface area contributed by atoms with Crippen molar-refractivity contribution in [2.45, 2.75) is 27.2 Å². The molecule has 1 saturated heterocycles. The number of thiocarbonyl (C=S) groups is 1. The molecule has 0 aromatic rings. The third-order valence-corrected chi connectivity index (χ3v) is 2.49. The van der Waals surface area contributed by atoms with Crippen molar-refractivity contribution in [3.63, 3.8) is 0 Å². The lowest BCUT2D eigenvalue weighted by Crippen LogP contribution is -2.54. The molecule has 1 aliphatic heterocycles. The lowest BCUT2D eigenvalue weighted by Gasteiger charge is -2.36. The normalized spacial score (nSPS) is 18.8. The Hall–Kier alpha value is -0.970. The zero-order valence-electron chi connectivity index (χ0n) is 9.53. The summed E-state index contributed by atoms with van der Waals surface area (Å²) in [6.45, 7) is 6.63. The summed E-state index contributed by atoms with van der Waals surface area (Å²) in [5.74, 6) is -0.227. The highest BCUT2D eigenvalue weighted by atomic mass is 32.1. The highest BCUT2D eigenvalue weighted by Gasteiger charge is 2.34. The maximum atomic E-state index is 11.8. The molecule has 1 heterocycles. The molecule has 1 rings (SSSR count). The fraction of sp³-hybridized carbons (Fsp3) is 0.700. The molecule has 0 bridgehead atoms. The van der Waals surface area contributed by atoms with Gasteiger partial charge in [0.25, 0.3) is 0 Å². The van der Waals surface area contributed by atoms with Crippen LogP contribution in [-0.2, 0) is 4.79 Å². The number of nitrogens with zero attached hydrogens (tertiary/aromatic N) is 2. The van der Waals surface area contributed by atoms with Gasteiger partial charge in [-0.05, 0) is 5.41 Å². The number of rotatable bonds is 1. The second-order valence-corrected chi connectivity index (χ2v) is 5.42. The van der Waals surface area contributed by atoms with Crippen LogP contribution in [0.25, 0.3) is 0 Å². The van der Waals surface area contributed by atoms with Gasteiger partial charge in [0.1, 0.15) is 0 Å². The van der Waals surface area contributed by atoms with E-state index in [1.54, 1.807) is 0 Å². The average Bonchev–Trinajstić information content (AvgIpc) is 2.07. The number of imide groups is 1. The quantitative estimate of drug-likeness (QED) is 0.641. The van der Waals surface area contributed by atoms with Crippen molar-refractivity contribution < 1.29 is 9.59 Å². The monoisotopic (exact) mass is 228 g/mol. The summed E-state index contributed by atoms with van der Waals surface area (Å²) in [6.07, 6.45) is 0.160. The lowest BCUT2D eigenvalue weighted by atomic mass is 9.96. The van der Waals surface area contributed by atoms with Crippen molar-refractivity contribution in [3.05, 3.63) is 0 Å². The second kappa shape index (κ2) is 3.89. The minimum absolute atomic E-state index is 0.0268. The van der Waals surface area contributed by atoms with Gasteiger partial charge >= 0.3 is 6.03 Å². The van der Waals surface area contributed by atoms with Crippen LogP contribution in [0.3, 0.4) is 0 Å². The van der Waals surface area contributed by atoms with Crippen molar-refractivity contribution >= 4 is 29.1 Å². The second-order valence-electron chi connectivity index (χ2n) is 4.95. The van der Waals surface area contributed by atoms with Gasteiger partial charge in [0.2, 0.25) is 5.91 Å². The maximum Gasteiger partial charge on any atom is 0.331 e. The summed E-state index contributed by atoms with van der Waals surface area (Å²) in [4.78, 5) is 26.2. The third-order valence-electron chi connectivity index (χ3n) is 2.13. The van der Waals surface area contributed by atoms with E-state index in [0.29, 0.717) is 11.5 Å². The summed E-state index contributed by atoms with van der Waals surface area (Å²) in [6, 6.07) is -0.314. The summed E-state index contributed by atoms with van der Waals surface area (Å²) in [5, 5.41) is 0. The molecular weight excluding hydrogens is 212 g/mol. The van der Waals surface area contributed by atoms with Gasteiger partial charge in [-0.3, -0.25) is 14.6 Å². The zero-order valence-corrected chi connectivity index (χ0v) is 10.3. The Morgan fingerprint density at radius 3 is 2.33 bits per heavy atom. The molecule has 5 heteroatoms. The van der Waals surface area contributed by atoms with Gasteiger partial charge in [-0.1, -0.05) is 33.0 Å². The van der Waals surface area contributed by atoms with Gasteiger partial charge in [0.05, 0.1) is 11.4 Å². The van der Waals surface area contributed by atoms with Crippen LogP contribution < -0.4 is 0 Å². The predicted molar refractivity (Wildman–Crippen MR) is 61.5 cm³/mol. The first-order chi connectivity index (χ1) is 6.72. The molecule has 15 heavy (non-hydrogen) atoms. The highest BCUT2D eigenvalue weighted by Crippen LogP contribution is 2.20. The Morgan fingerprint density at radius 2 is 1.87 bits per heavy atom. The number of hydrogen-bond donors (Lipinski definition) is 0. The van der Waals surface area contributed by atoms with Crippen LogP contribution >= 0.6 is 12.2 Å². The molecule has 3 amide bonds. The summed E-state index contributed by atoms with van der Waals surface area (Å²) in [5.41, 5.74) is -0.0268. The van der Waals surface area contributed by atoms with E-state index in [0.717, 1.165) is 4.90 Å². The summed E-state index contributed by atoms with van der Waals surface area (Å²) in [7, 11) is 1.49. The van der Waals surface area contributed by atoms with E-state index in [1.807, 2.05) is 20.8 Å². The number of carbonyl (C=O) groups excluding carboxylic acids is 2. The van der Waals surface area contributed by atoms with Crippen LogP contribution in [0.4, 0.5) is 4.79 Å². The first-order valence-corrected chi connectivity index (χ1v) is 5.24. The fourth-order valence-corrected chi connectivity index (χ4v) is 1.63. The van der Waals surface area contributed by atoms with Gasteiger partial charge < -0.3 is 0 Å². The molecule has 1 aliphatic rings. The van der Waals surface area contributed by atoms with Gasteiger partial charge in [0, 0.05) is 13.6 Å². The van der Waals surface area contributed by atoms with Crippen molar-refractivity contribution in [3.8, 4) is 0 Å². The zero-order chi connectivity index (χ0) is 11.8. The molecule has 0 aliphatic carbocycles. The lowest BCUT2D eigenvalue weighted by molar-refractivity contribution is -0.127. The Bertz CT molecular complexity index is 320. The Morgan fingerprint density at radius 1 is 1.33 bits per heavy atom. The molecule has 1 fully saturated rings. The topological polar surface area (TPSA) is 40.6 Å². The van der Waals surface area contributed by atoms with Gasteiger partial charge in [-0.2, -0.15) is 0 Å². The smallest absolute Gasteiger partial charge is 0.287 e. The van der Waals surface area contributed by atoms with Crippen LogP contribution in [0, 0.1) is 5.41 Å². The fourth-order valence-electron chi connectivity index (χ4n) is 1.37. The predicted octanol–water partition coefficient (Wildman–Crippen LogP) is 1.64.